The Hall–Kier alpha value is -1.38. The number of esters is 1. The zero-order chi connectivity index (χ0) is 13.8. The number of allylic oxidation sites excluding steroid dienone is 3. The highest BCUT2D eigenvalue weighted by atomic mass is 16.5. The van der Waals surface area contributed by atoms with Crippen molar-refractivity contribution in [2.45, 2.75) is 39.5 Å². The van der Waals surface area contributed by atoms with Gasteiger partial charge < -0.3 is 4.74 Å². The normalized spacial score (nSPS) is 38.8. The van der Waals surface area contributed by atoms with E-state index >= 15 is 0 Å². The number of ketones is 1. The van der Waals surface area contributed by atoms with Gasteiger partial charge in [-0.2, -0.15) is 0 Å². The van der Waals surface area contributed by atoms with Crippen LogP contribution >= 0.6 is 0 Å². The molecule has 0 radical (unpaired) electrons. The summed E-state index contributed by atoms with van der Waals surface area (Å²) in [6.07, 6.45) is 6.15. The van der Waals surface area contributed by atoms with Crippen molar-refractivity contribution in [1.29, 1.82) is 0 Å². The van der Waals surface area contributed by atoms with Crippen molar-refractivity contribution in [1.82, 2.24) is 0 Å². The minimum Gasteiger partial charge on any atom is -0.423 e. The van der Waals surface area contributed by atoms with Crippen LogP contribution in [0, 0.1) is 23.2 Å². The van der Waals surface area contributed by atoms with Crippen LogP contribution < -0.4 is 0 Å². The first-order valence-electron chi connectivity index (χ1n) is 7.04. The second kappa shape index (κ2) is 4.06. The van der Waals surface area contributed by atoms with Crippen molar-refractivity contribution in [3.8, 4) is 0 Å². The number of hydrogen-bond acceptors (Lipinski definition) is 3. The van der Waals surface area contributed by atoms with Crippen molar-refractivity contribution in [3.63, 3.8) is 0 Å². The third-order valence-electron chi connectivity index (χ3n) is 5.06. The third kappa shape index (κ3) is 1.87. The summed E-state index contributed by atoms with van der Waals surface area (Å²) in [5.74, 6) is 1.12. The molecular formula is C16H20O3. The molecule has 0 aliphatic heterocycles. The summed E-state index contributed by atoms with van der Waals surface area (Å²) < 4.78 is 5.24. The van der Waals surface area contributed by atoms with Crippen LogP contribution in [0.4, 0.5) is 0 Å². The summed E-state index contributed by atoms with van der Waals surface area (Å²) in [5, 5.41) is 0. The average molecular weight is 260 g/mol. The highest BCUT2D eigenvalue weighted by Crippen LogP contribution is 2.62. The molecule has 4 atom stereocenters. The average Bonchev–Trinajstić information content (AvgIpc) is 2.53. The molecular weight excluding hydrogens is 240 g/mol. The van der Waals surface area contributed by atoms with Gasteiger partial charge in [-0.3, -0.25) is 9.59 Å². The van der Waals surface area contributed by atoms with Crippen molar-refractivity contribution in [2.24, 2.45) is 23.2 Å². The van der Waals surface area contributed by atoms with Gasteiger partial charge in [-0.1, -0.05) is 25.2 Å². The van der Waals surface area contributed by atoms with Gasteiger partial charge in [-0.15, -0.1) is 0 Å². The molecule has 2 saturated carbocycles. The van der Waals surface area contributed by atoms with Crippen LogP contribution in [0.5, 0.6) is 0 Å². The zero-order valence-corrected chi connectivity index (χ0v) is 11.6. The fourth-order valence-electron chi connectivity index (χ4n) is 4.20. The molecule has 0 heterocycles. The number of carbonyl (C=O) groups excluding carboxylic acids is 2. The Kier molecular flexibility index (Phi) is 2.70. The van der Waals surface area contributed by atoms with Crippen LogP contribution in [0.3, 0.4) is 0 Å². The van der Waals surface area contributed by atoms with Gasteiger partial charge in [0, 0.05) is 6.92 Å². The van der Waals surface area contributed by atoms with Crippen molar-refractivity contribution < 1.29 is 14.3 Å². The van der Waals surface area contributed by atoms with E-state index in [0.717, 1.165) is 25.7 Å². The van der Waals surface area contributed by atoms with Gasteiger partial charge >= 0.3 is 5.97 Å². The minimum absolute atomic E-state index is 0.0243. The van der Waals surface area contributed by atoms with Crippen LogP contribution in [-0.4, -0.2) is 11.8 Å². The van der Waals surface area contributed by atoms with E-state index in [-0.39, 0.29) is 22.9 Å². The molecule has 0 spiro atoms. The molecule has 2 bridgehead atoms. The Balaban J connectivity index is 1.82. The highest BCUT2D eigenvalue weighted by Gasteiger charge is 2.57. The molecule has 0 amide bonds. The number of hydrogen-bond donors (Lipinski definition) is 0. The zero-order valence-electron chi connectivity index (χ0n) is 11.6. The van der Waals surface area contributed by atoms with E-state index in [1.807, 2.05) is 0 Å². The largest absolute Gasteiger partial charge is 0.423 e. The quantitative estimate of drug-likeness (QED) is 0.339. The van der Waals surface area contributed by atoms with E-state index in [9.17, 15) is 9.59 Å². The molecule has 3 aliphatic rings. The summed E-state index contributed by atoms with van der Waals surface area (Å²) in [5.41, 5.74) is 1.15. The van der Waals surface area contributed by atoms with E-state index in [0.29, 0.717) is 17.8 Å². The van der Waals surface area contributed by atoms with Gasteiger partial charge in [-0.25, -0.2) is 0 Å². The lowest BCUT2D eigenvalue weighted by Gasteiger charge is -2.35. The lowest BCUT2D eigenvalue weighted by Crippen LogP contribution is -2.33. The summed E-state index contributed by atoms with van der Waals surface area (Å²) in [6, 6.07) is 0. The van der Waals surface area contributed by atoms with Gasteiger partial charge in [0.05, 0.1) is 5.41 Å². The Morgan fingerprint density at radius 1 is 1.37 bits per heavy atom. The predicted molar refractivity (Wildman–Crippen MR) is 71.0 cm³/mol. The molecule has 19 heavy (non-hydrogen) atoms. The number of ether oxygens (including phenoxy) is 1. The Morgan fingerprint density at radius 2 is 2.11 bits per heavy atom. The summed E-state index contributed by atoms with van der Waals surface area (Å²) in [6.45, 7) is 7.07. The number of Topliss-reactive ketones (excluding diaryl/α,β-unsaturated/α-hetero) is 1. The molecule has 4 unspecified atom stereocenters. The van der Waals surface area contributed by atoms with Crippen LogP contribution in [0.15, 0.2) is 24.0 Å². The molecule has 0 aromatic carbocycles. The molecule has 3 nitrogen and oxygen atoms in total. The van der Waals surface area contributed by atoms with E-state index in [4.69, 9.17) is 4.74 Å². The Bertz CT molecular complexity index is 502. The first-order valence-corrected chi connectivity index (χ1v) is 7.04. The number of fused-ring (bicyclic) bond motifs is 1. The van der Waals surface area contributed by atoms with E-state index < -0.39 is 0 Å². The maximum absolute atomic E-state index is 12.5. The monoisotopic (exact) mass is 260 g/mol. The molecule has 0 aromatic heterocycles. The molecule has 2 fully saturated rings. The molecule has 0 saturated heterocycles. The summed E-state index contributed by atoms with van der Waals surface area (Å²) in [4.78, 5) is 23.7. The fraction of sp³-hybridized carbons (Fsp3) is 0.625. The van der Waals surface area contributed by atoms with Crippen LogP contribution in [0.25, 0.3) is 0 Å². The van der Waals surface area contributed by atoms with Gasteiger partial charge in [0.15, 0.2) is 11.5 Å². The highest BCUT2D eigenvalue weighted by molar-refractivity contribution is 5.94. The smallest absolute Gasteiger partial charge is 0.317 e. The second-order valence-corrected chi connectivity index (χ2v) is 6.55. The summed E-state index contributed by atoms with van der Waals surface area (Å²) in [7, 11) is 0. The van der Waals surface area contributed by atoms with Gasteiger partial charge in [-0.05, 0) is 43.4 Å². The first-order chi connectivity index (χ1) is 8.91. The Morgan fingerprint density at radius 3 is 2.79 bits per heavy atom. The van der Waals surface area contributed by atoms with E-state index in [2.05, 4.69) is 19.6 Å². The predicted octanol–water partition coefficient (Wildman–Crippen LogP) is 3.01. The lowest BCUT2D eigenvalue weighted by molar-refractivity contribution is -0.154. The number of rotatable bonds is 3. The van der Waals surface area contributed by atoms with Crippen LogP contribution in [0.2, 0.25) is 0 Å². The molecule has 3 heteroatoms. The molecule has 3 aliphatic carbocycles. The van der Waals surface area contributed by atoms with E-state index in [1.54, 1.807) is 0 Å². The maximum atomic E-state index is 12.5. The first kappa shape index (κ1) is 12.6. The van der Waals surface area contributed by atoms with Crippen molar-refractivity contribution in [2.75, 3.05) is 0 Å². The fourth-order valence-corrected chi connectivity index (χ4v) is 4.20. The van der Waals surface area contributed by atoms with Gasteiger partial charge in [0.2, 0.25) is 0 Å². The second-order valence-electron chi connectivity index (χ2n) is 6.55. The van der Waals surface area contributed by atoms with Crippen molar-refractivity contribution in [3.05, 3.63) is 24.0 Å². The topological polar surface area (TPSA) is 43.4 Å². The molecule has 102 valence electrons. The maximum Gasteiger partial charge on any atom is 0.317 e. The van der Waals surface area contributed by atoms with Gasteiger partial charge in [0.25, 0.3) is 0 Å². The van der Waals surface area contributed by atoms with E-state index in [1.165, 1.54) is 12.5 Å². The van der Waals surface area contributed by atoms with Crippen LogP contribution in [0.1, 0.15) is 39.5 Å². The molecule has 3 rings (SSSR count). The third-order valence-corrected chi connectivity index (χ3v) is 5.06. The Labute approximate surface area is 113 Å². The minimum atomic E-state index is -0.387. The molecule has 0 N–H and O–H groups in total. The molecule has 0 aromatic rings. The lowest BCUT2D eigenvalue weighted by atomic mass is 9.69. The standard InChI is InChI=1S/C16H20O3/c1-9-4-12-5-13-7-16(6-9,8-14(12)13)15(18)19-11(3)10(2)17/h4,9,13-14H,3,5-8H2,1-2H3. The SMILES string of the molecule is C=C(OC(=O)C12CC(C)C=C3CC(C1)C3C2)C(C)=O. The van der Waals surface area contributed by atoms with Crippen LogP contribution in [-0.2, 0) is 14.3 Å². The summed E-state index contributed by atoms with van der Waals surface area (Å²) >= 11 is 0. The van der Waals surface area contributed by atoms with Crippen molar-refractivity contribution >= 4 is 11.8 Å². The number of carbonyl (C=O) groups is 2. The van der Waals surface area contributed by atoms with Gasteiger partial charge in [0.1, 0.15) is 0 Å².